The lowest BCUT2D eigenvalue weighted by Crippen LogP contribution is -2.19. The molecule has 0 aromatic carbocycles. The van der Waals surface area contributed by atoms with Crippen LogP contribution in [0.15, 0.2) is 18.2 Å². The van der Waals surface area contributed by atoms with Crippen molar-refractivity contribution < 1.29 is 27.8 Å². The molecular formula is C9H8F3NO3. The van der Waals surface area contributed by atoms with Gasteiger partial charge >= 0.3 is 12.1 Å². The van der Waals surface area contributed by atoms with Crippen LogP contribution in [0, 0.1) is 0 Å². The maximum absolute atomic E-state index is 11.8. The third-order valence-electron chi connectivity index (χ3n) is 1.50. The highest BCUT2D eigenvalue weighted by molar-refractivity contribution is 5.69. The van der Waals surface area contributed by atoms with Crippen molar-refractivity contribution in [2.24, 2.45) is 0 Å². The molecule has 0 unspecified atom stereocenters. The minimum absolute atomic E-state index is 0.146. The van der Waals surface area contributed by atoms with E-state index in [0.29, 0.717) is 0 Å². The number of nitrogens with zero attached hydrogens (tertiary/aromatic N) is 1. The molecule has 1 aromatic heterocycles. The highest BCUT2D eigenvalue weighted by Gasteiger charge is 2.28. The molecule has 1 N–H and O–H groups in total. The summed E-state index contributed by atoms with van der Waals surface area (Å²) in [6, 6.07) is 4.02. The van der Waals surface area contributed by atoms with Crippen molar-refractivity contribution in [3.05, 3.63) is 23.9 Å². The number of alkyl halides is 3. The first kappa shape index (κ1) is 12.3. The predicted molar refractivity (Wildman–Crippen MR) is 47.1 cm³/mol. The molecule has 4 nitrogen and oxygen atoms in total. The number of rotatable bonds is 4. The second kappa shape index (κ2) is 4.82. The minimum atomic E-state index is -4.44. The Labute approximate surface area is 88.7 Å². The number of pyridine rings is 1. The summed E-state index contributed by atoms with van der Waals surface area (Å²) < 4.78 is 39.8. The quantitative estimate of drug-likeness (QED) is 0.861. The zero-order valence-electron chi connectivity index (χ0n) is 7.99. The predicted octanol–water partition coefficient (Wildman–Crippen LogP) is 1.65. The van der Waals surface area contributed by atoms with Gasteiger partial charge in [0.15, 0.2) is 6.61 Å². The molecule has 0 radical (unpaired) electrons. The van der Waals surface area contributed by atoms with Crippen molar-refractivity contribution in [1.82, 2.24) is 4.98 Å². The second-order valence-corrected chi connectivity index (χ2v) is 2.94. The Morgan fingerprint density at radius 2 is 2.12 bits per heavy atom. The molecule has 0 bridgehead atoms. The number of ether oxygens (including phenoxy) is 1. The molecule has 1 aromatic rings. The Kier molecular flexibility index (Phi) is 3.70. The Morgan fingerprint density at radius 3 is 2.69 bits per heavy atom. The molecule has 16 heavy (non-hydrogen) atoms. The number of hydrogen-bond acceptors (Lipinski definition) is 3. The first-order valence-electron chi connectivity index (χ1n) is 4.24. The number of carboxylic acids is 1. The van der Waals surface area contributed by atoms with E-state index < -0.39 is 18.8 Å². The Hall–Kier alpha value is -1.79. The van der Waals surface area contributed by atoms with Crippen LogP contribution in [0.4, 0.5) is 13.2 Å². The minimum Gasteiger partial charge on any atom is -0.481 e. The van der Waals surface area contributed by atoms with Gasteiger partial charge in [0.25, 0.3) is 0 Å². The molecule has 0 saturated carbocycles. The van der Waals surface area contributed by atoms with Crippen LogP contribution in [0.25, 0.3) is 0 Å². The van der Waals surface area contributed by atoms with Crippen LogP contribution in [0.2, 0.25) is 0 Å². The van der Waals surface area contributed by atoms with Gasteiger partial charge in [-0.3, -0.25) is 4.79 Å². The van der Waals surface area contributed by atoms with Gasteiger partial charge < -0.3 is 9.84 Å². The third-order valence-corrected chi connectivity index (χ3v) is 1.50. The first-order chi connectivity index (χ1) is 7.37. The lowest BCUT2D eigenvalue weighted by molar-refractivity contribution is -0.154. The number of carboxylic acid groups (broad SMARTS) is 1. The summed E-state index contributed by atoms with van der Waals surface area (Å²) in [7, 11) is 0. The van der Waals surface area contributed by atoms with Crippen LogP contribution in [0.5, 0.6) is 5.88 Å². The molecule has 0 aliphatic heterocycles. The van der Waals surface area contributed by atoms with E-state index in [2.05, 4.69) is 9.72 Å². The van der Waals surface area contributed by atoms with E-state index in [1.54, 1.807) is 0 Å². The van der Waals surface area contributed by atoms with Gasteiger partial charge in [0.05, 0.1) is 12.1 Å². The van der Waals surface area contributed by atoms with Crippen LogP contribution < -0.4 is 4.74 Å². The molecule has 0 aliphatic rings. The number of halogens is 3. The summed E-state index contributed by atoms with van der Waals surface area (Å²) in [5.74, 6) is -1.35. The number of aliphatic carboxylic acids is 1. The van der Waals surface area contributed by atoms with Gasteiger partial charge in [0.1, 0.15) is 0 Å². The summed E-state index contributed by atoms with van der Waals surface area (Å²) in [5, 5.41) is 8.46. The summed E-state index contributed by atoms with van der Waals surface area (Å²) in [4.78, 5) is 13.9. The molecule has 0 amide bonds. The zero-order chi connectivity index (χ0) is 12.2. The van der Waals surface area contributed by atoms with Gasteiger partial charge in [-0.05, 0) is 6.07 Å². The number of aromatic nitrogens is 1. The fourth-order valence-electron chi connectivity index (χ4n) is 0.947. The van der Waals surface area contributed by atoms with Crippen LogP contribution in [-0.2, 0) is 11.2 Å². The summed E-state index contributed by atoms with van der Waals surface area (Å²) in [6.07, 6.45) is -4.80. The van der Waals surface area contributed by atoms with E-state index in [-0.39, 0.29) is 18.0 Å². The van der Waals surface area contributed by atoms with Crippen molar-refractivity contribution in [3.63, 3.8) is 0 Å². The van der Waals surface area contributed by atoms with Gasteiger partial charge in [-0.1, -0.05) is 6.07 Å². The zero-order valence-corrected chi connectivity index (χ0v) is 7.99. The average Bonchev–Trinajstić information content (AvgIpc) is 2.13. The van der Waals surface area contributed by atoms with Gasteiger partial charge in [0, 0.05) is 6.07 Å². The van der Waals surface area contributed by atoms with E-state index in [4.69, 9.17) is 5.11 Å². The third kappa shape index (κ3) is 4.63. The molecule has 1 rings (SSSR count). The van der Waals surface area contributed by atoms with Crippen molar-refractivity contribution in [3.8, 4) is 5.88 Å². The fourth-order valence-corrected chi connectivity index (χ4v) is 0.947. The molecule has 0 fully saturated rings. The van der Waals surface area contributed by atoms with Crippen LogP contribution in [0.1, 0.15) is 5.69 Å². The van der Waals surface area contributed by atoms with Crippen molar-refractivity contribution in [2.75, 3.05) is 6.61 Å². The van der Waals surface area contributed by atoms with E-state index in [1.807, 2.05) is 0 Å². The monoisotopic (exact) mass is 235 g/mol. The topological polar surface area (TPSA) is 59.4 Å². The SMILES string of the molecule is O=C(O)Cc1cccc(OCC(F)(F)F)n1. The van der Waals surface area contributed by atoms with Crippen LogP contribution in [-0.4, -0.2) is 28.8 Å². The first-order valence-corrected chi connectivity index (χ1v) is 4.24. The molecule has 7 heteroatoms. The number of carbonyl (C=O) groups is 1. The van der Waals surface area contributed by atoms with Gasteiger partial charge in [-0.25, -0.2) is 4.98 Å². The Balaban J connectivity index is 2.64. The highest BCUT2D eigenvalue weighted by atomic mass is 19.4. The lowest BCUT2D eigenvalue weighted by Gasteiger charge is -2.08. The summed E-state index contributed by atoms with van der Waals surface area (Å²) >= 11 is 0. The fraction of sp³-hybridized carbons (Fsp3) is 0.333. The molecule has 0 aliphatic carbocycles. The van der Waals surface area contributed by atoms with Gasteiger partial charge in [-0.15, -0.1) is 0 Å². The van der Waals surface area contributed by atoms with Crippen molar-refractivity contribution >= 4 is 5.97 Å². The summed E-state index contributed by atoms with van der Waals surface area (Å²) in [6.45, 7) is -1.45. The summed E-state index contributed by atoms with van der Waals surface area (Å²) in [5.41, 5.74) is 0.146. The maximum atomic E-state index is 11.8. The lowest BCUT2D eigenvalue weighted by atomic mass is 10.3. The normalized spacial score (nSPS) is 11.2. The highest BCUT2D eigenvalue weighted by Crippen LogP contribution is 2.17. The Morgan fingerprint density at radius 1 is 1.44 bits per heavy atom. The molecule has 0 atom stereocenters. The van der Waals surface area contributed by atoms with Gasteiger partial charge in [-0.2, -0.15) is 13.2 Å². The van der Waals surface area contributed by atoms with Crippen LogP contribution >= 0.6 is 0 Å². The molecule has 0 spiro atoms. The van der Waals surface area contributed by atoms with E-state index >= 15 is 0 Å². The van der Waals surface area contributed by atoms with Gasteiger partial charge in [0.2, 0.25) is 5.88 Å². The van der Waals surface area contributed by atoms with E-state index in [9.17, 15) is 18.0 Å². The van der Waals surface area contributed by atoms with E-state index in [1.165, 1.54) is 18.2 Å². The largest absolute Gasteiger partial charge is 0.481 e. The Bertz CT molecular complexity index is 379. The maximum Gasteiger partial charge on any atom is 0.422 e. The smallest absolute Gasteiger partial charge is 0.422 e. The van der Waals surface area contributed by atoms with Crippen molar-refractivity contribution in [1.29, 1.82) is 0 Å². The molecule has 1 heterocycles. The molecule has 88 valence electrons. The average molecular weight is 235 g/mol. The van der Waals surface area contributed by atoms with Crippen LogP contribution in [0.3, 0.4) is 0 Å². The molecular weight excluding hydrogens is 227 g/mol. The standard InChI is InChI=1S/C9H8F3NO3/c10-9(11,12)5-16-7-3-1-2-6(13-7)4-8(14)15/h1-3H,4-5H2,(H,14,15). The molecule has 0 saturated heterocycles. The van der Waals surface area contributed by atoms with E-state index in [0.717, 1.165) is 0 Å². The van der Waals surface area contributed by atoms with Crippen molar-refractivity contribution in [2.45, 2.75) is 12.6 Å². The number of hydrogen-bond donors (Lipinski definition) is 1. The second-order valence-electron chi connectivity index (χ2n) is 2.94.